The van der Waals surface area contributed by atoms with Crippen molar-refractivity contribution in [3.05, 3.63) is 23.8 Å². The van der Waals surface area contributed by atoms with Crippen molar-refractivity contribution in [1.29, 1.82) is 0 Å². The lowest BCUT2D eigenvalue weighted by Gasteiger charge is -2.24. The fourth-order valence-corrected chi connectivity index (χ4v) is 3.31. The number of hydrogen-bond donors (Lipinski definition) is 2. The number of aryl methyl sites for hydroxylation is 1. The van der Waals surface area contributed by atoms with Crippen molar-refractivity contribution in [1.82, 2.24) is 0 Å². The van der Waals surface area contributed by atoms with Crippen LogP contribution in [0.2, 0.25) is 0 Å². The van der Waals surface area contributed by atoms with Gasteiger partial charge in [0.1, 0.15) is 0 Å². The summed E-state index contributed by atoms with van der Waals surface area (Å²) in [6.45, 7) is 1.18. The number of fused-ring (bicyclic) bond motifs is 1. The van der Waals surface area contributed by atoms with Gasteiger partial charge in [0.25, 0.3) is 0 Å². The second-order valence-electron chi connectivity index (χ2n) is 4.86. The average Bonchev–Trinajstić information content (AvgIpc) is 2.38. The van der Waals surface area contributed by atoms with Crippen LogP contribution in [0.3, 0.4) is 0 Å². The van der Waals surface area contributed by atoms with Crippen LogP contribution in [-0.4, -0.2) is 37.1 Å². The molecule has 2 rings (SSSR count). The number of aliphatic hydroxyl groups is 1. The molecule has 0 spiro atoms. The third kappa shape index (κ3) is 3.40. The van der Waals surface area contributed by atoms with Gasteiger partial charge < -0.3 is 15.7 Å². The summed E-state index contributed by atoms with van der Waals surface area (Å²) in [6, 6.07) is 6.61. The third-order valence-electron chi connectivity index (χ3n) is 3.32. The quantitative estimate of drug-likeness (QED) is 0.854. The summed E-state index contributed by atoms with van der Waals surface area (Å²) in [6.07, 6.45) is 2.76. The minimum absolute atomic E-state index is 0.342. The van der Waals surface area contributed by atoms with Gasteiger partial charge in [-0.1, -0.05) is 0 Å². The Morgan fingerprint density at radius 2 is 2.33 bits per heavy atom. The highest BCUT2D eigenvalue weighted by Gasteiger charge is 2.13. The number of thioether (sulfide) groups is 1. The molecule has 0 aromatic heterocycles. The molecular weight excluding hydrogens is 244 g/mol. The van der Waals surface area contributed by atoms with E-state index in [0.29, 0.717) is 19.5 Å². The molecule has 3 nitrogen and oxygen atoms in total. The summed E-state index contributed by atoms with van der Waals surface area (Å²) >= 11 is 1.95. The molecule has 18 heavy (non-hydrogen) atoms. The largest absolute Gasteiger partial charge is 0.391 e. The zero-order chi connectivity index (χ0) is 13.0. The highest BCUT2D eigenvalue weighted by atomic mass is 32.2. The molecule has 1 aliphatic heterocycles. The SMILES string of the molecule is CN(CC(O)CCN)c1ccc2c(c1)CCCS2. The van der Waals surface area contributed by atoms with Crippen LogP contribution < -0.4 is 10.6 Å². The van der Waals surface area contributed by atoms with Crippen molar-refractivity contribution in [2.75, 3.05) is 30.8 Å². The highest BCUT2D eigenvalue weighted by molar-refractivity contribution is 7.99. The predicted molar refractivity (Wildman–Crippen MR) is 78.4 cm³/mol. The van der Waals surface area contributed by atoms with Gasteiger partial charge in [-0.05, 0) is 55.3 Å². The molecular formula is C14H22N2OS. The molecule has 1 heterocycles. The van der Waals surface area contributed by atoms with E-state index < -0.39 is 0 Å². The third-order valence-corrected chi connectivity index (χ3v) is 4.52. The summed E-state index contributed by atoms with van der Waals surface area (Å²) in [7, 11) is 2.03. The molecule has 0 aliphatic carbocycles. The molecule has 1 atom stereocenters. The fraction of sp³-hybridized carbons (Fsp3) is 0.571. The van der Waals surface area contributed by atoms with Crippen LogP contribution in [0.1, 0.15) is 18.4 Å². The van der Waals surface area contributed by atoms with E-state index in [1.54, 1.807) is 0 Å². The Morgan fingerprint density at radius 3 is 3.11 bits per heavy atom. The number of benzene rings is 1. The Labute approximate surface area is 113 Å². The van der Waals surface area contributed by atoms with Crippen LogP contribution in [0.25, 0.3) is 0 Å². The topological polar surface area (TPSA) is 49.5 Å². The summed E-state index contributed by atoms with van der Waals surface area (Å²) in [5.41, 5.74) is 8.09. The summed E-state index contributed by atoms with van der Waals surface area (Å²) < 4.78 is 0. The number of nitrogens with two attached hydrogens (primary N) is 1. The Balaban J connectivity index is 2.04. The first kappa shape index (κ1) is 13.7. The van der Waals surface area contributed by atoms with E-state index in [-0.39, 0.29) is 6.10 Å². The molecule has 1 unspecified atom stereocenters. The predicted octanol–water partition coefficient (Wildman–Crippen LogP) is 1.87. The van der Waals surface area contributed by atoms with E-state index in [4.69, 9.17) is 5.73 Å². The molecule has 0 saturated heterocycles. The van der Waals surface area contributed by atoms with Crippen LogP contribution in [0.5, 0.6) is 0 Å². The van der Waals surface area contributed by atoms with Crippen molar-refractivity contribution in [3.63, 3.8) is 0 Å². The number of hydrogen-bond acceptors (Lipinski definition) is 4. The van der Waals surface area contributed by atoms with Gasteiger partial charge in [-0.25, -0.2) is 0 Å². The smallest absolute Gasteiger partial charge is 0.0726 e. The minimum Gasteiger partial charge on any atom is -0.391 e. The van der Waals surface area contributed by atoms with Crippen LogP contribution in [0.15, 0.2) is 23.1 Å². The number of nitrogens with zero attached hydrogens (tertiary/aromatic N) is 1. The fourth-order valence-electron chi connectivity index (χ4n) is 2.29. The highest BCUT2D eigenvalue weighted by Crippen LogP contribution is 2.32. The van der Waals surface area contributed by atoms with Crippen LogP contribution in [0.4, 0.5) is 5.69 Å². The molecule has 0 radical (unpaired) electrons. The maximum Gasteiger partial charge on any atom is 0.0726 e. The van der Waals surface area contributed by atoms with Crippen molar-refractivity contribution >= 4 is 17.4 Å². The van der Waals surface area contributed by atoms with Crippen molar-refractivity contribution < 1.29 is 5.11 Å². The minimum atomic E-state index is -0.342. The molecule has 1 aromatic carbocycles. The van der Waals surface area contributed by atoms with Crippen molar-refractivity contribution in [2.45, 2.75) is 30.3 Å². The van der Waals surface area contributed by atoms with Crippen molar-refractivity contribution in [3.8, 4) is 0 Å². The first-order valence-corrected chi connectivity index (χ1v) is 7.54. The average molecular weight is 266 g/mol. The molecule has 0 saturated carbocycles. The molecule has 0 bridgehead atoms. The first-order chi connectivity index (χ1) is 8.70. The Hall–Kier alpha value is -0.710. The molecule has 4 heteroatoms. The summed E-state index contributed by atoms with van der Waals surface area (Å²) in [5.74, 6) is 1.23. The lowest BCUT2D eigenvalue weighted by molar-refractivity contribution is 0.174. The van der Waals surface area contributed by atoms with Gasteiger partial charge in [-0.15, -0.1) is 11.8 Å². The van der Waals surface area contributed by atoms with Crippen LogP contribution in [-0.2, 0) is 6.42 Å². The standard InChI is InChI=1S/C14H22N2OS/c1-16(10-13(17)6-7-15)12-4-5-14-11(9-12)3-2-8-18-14/h4-5,9,13,17H,2-3,6-8,10,15H2,1H3. The summed E-state index contributed by atoms with van der Waals surface area (Å²) in [5, 5.41) is 9.79. The van der Waals surface area contributed by atoms with E-state index in [0.717, 1.165) is 0 Å². The molecule has 0 fully saturated rings. The molecule has 3 N–H and O–H groups in total. The molecule has 1 aromatic rings. The van der Waals surface area contributed by atoms with E-state index >= 15 is 0 Å². The number of aliphatic hydroxyl groups excluding tert-OH is 1. The van der Waals surface area contributed by atoms with E-state index in [1.165, 1.54) is 34.7 Å². The monoisotopic (exact) mass is 266 g/mol. The van der Waals surface area contributed by atoms with Crippen molar-refractivity contribution in [2.24, 2.45) is 5.73 Å². The molecule has 100 valence electrons. The zero-order valence-corrected chi connectivity index (χ0v) is 11.7. The molecule has 0 amide bonds. The van der Waals surface area contributed by atoms with Gasteiger partial charge in [0.05, 0.1) is 6.10 Å². The van der Waals surface area contributed by atoms with Crippen LogP contribution >= 0.6 is 11.8 Å². The van der Waals surface area contributed by atoms with E-state index in [2.05, 4.69) is 23.1 Å². The Morgan fingerprint density at radius 1 is 1.50 bits per heavy atom. The number of likely N-dealkylation sites (N-methyl/N-ethyl adjacent to an activating group) is 1. The van der Waals surface area contributed by atoms with Gasteiger partial charge in [-0.2, -0.15) is 0 Å². The zero-order valence-electron chi connectivity index (χ0n) is 10.9. The Kier molecular flexibility index (Phi) is 4.92. The lowest BCUT2D eigenvalue weighted by atomic mass is 10.1. The number of rotatable bonds is 5. The maximum absolute atomic E-state index is 9.79. The second kappa shape index (κ2) is 6.45. The van der Waals surface area contributed by atoms with Gasteiger partial charge in [0.15, 0.2) is 0 Å². The van der Waals surface area contributed by atoms with Crippen LogP contribution in [0, 0.1) is 0 Å². The normalized spacial score (nSPS) is 16.2. The van der Waals surface area contributed by atoms with E-state index in [1.807, 2.05) is 18.8 Å². The summed E-state index contributed by atoms with van der Waals surface area (Å²) in [4.78, 5) is 3.53. The second-order valence-corrected chi connectivity index (χ2v) is 5.99. The first-order valence-electron chi connectivity index (χ1n) is 6.55. The lowest BCUT2D eigenvalue weighted by Crippen LogP contribution is -2.30. The van der Waals surface area contributed by atoms with Gasteiger partial charge >= 0.3 is 0 Å². The number of anilines is 1. The van der Waals surface area contributed by atoms with E-state index in [9.17, 15) is 5.11 Å². The van der Waals surface area contributed by atoms with Gasteiger partial charge in [0.2, 0.25) is 0 Å². The van der Waals surface area contributed by atoms with Gasteiger partial charge in [0, 0.05) is 24.2 Å². The maximum atomic E-state index is 9.79. The van der Waals surface area contributed by atoms with Gasteiger partial charge in [-0.3, -0.25) is 0 Å². The Bertz CT molecular complexity index is 397. The molecule has 1 aliphatic rings.